The summed E-state index contributed by atoms with van der Waals surface area (Å²) in [6, 6.07) is 19.4. The van der Waals surface area contributed by atoms with Crippen LogP contribution in [0.1, 0.15) is 47.9 Å². The summed E-state index contributed by atoms with van der Waals surface area (Å²) in [4.78, 5) is 58.2. The van der Waals surface area contributed by atoms with Crippen LogP contribution in [0.5, 0.6) is 0 Å². The van der Waals surface area contributed by atoms with Crippen molar-refractivity contribution < 1.29 is 32.3 Å². The standard InChI is InChI=1S/C36H38ClF3N4O4/c37-28-13-7-11-26(19-28)21-44-23-33(46)43(17-16-25-10-6-12-27(18-25)36(38,39)40)22-32(45)41-30-15-5-4-14-29(30)34(47)42-31(35(44)48)20-24-8-2-1-3-9-24/h1-3,6-13,18-19,29-31H,4-5,14-17,20-23H2,(H,41,45)(H,42,47)/t29-,30+,31+/m1/s1. The molecule has 12 heteroatoms. The number of nitrogens with zero attached hydrogens (tertiary/aromatic N) is 2. The average Bonchev–Trinajstić information content (AvgIpc) is 3.06. The number of rotatable bonds is 7. The van der Waals surface area contributed by atoms with Crippen molar-refractivity contribution >= 4 is 35.2 Å². The van der Waals surface area contributed by atoms with E-state index in [1.807, 2.05) is 30.3 Å². The highest BCUT2D eigenvalue weighted by Crippen LogP contribution is 2.30. The number of fused-ring (bicyclic) bond motifs is 1. The Kier molecular flexibility index (Phi) is 11.4. The van der Waals surface area contributed by atoms with E-state index >= 15 is 0 Å². The summed E-state index contributed by atoms with van der Waals surface area (Å²) >= 11 is 6.24. The normalized spacial score (nSPS) is 21.4. The van der Waals surface area contributed by atoms with Crippen LogP contribution in [0.3, 0.4) is 0 Å². The van der Waals surface area contributed by atoms with E-state index in [4.69, 9.17) is 11.6 Å². The van der Waals surface area contributed by atoms with Crippen molar-refractivity contribution in [2.75, 3.05) is 19.6 Å². The molecule has 1 saturated heterocycles. The predicted molar refractivity (Wildman–Crippen MR) is 175 cm³/mol. The minimum Gasteiger partial charge on any atom is -0.351 e. The molecule has 254 valence electrons. The molecule has 3 aromatic carbocycles. The Labute approximate surface area is 282 Å². The van der Waals surface area contributed by atoms with Gasteiger partial charge < -0.3 is 20.4 Å². The zero-order valence-electron chi connectivity index (χ0n) is 26.3. The fourth-order valence-electron chi connectivity index (χ4n) is 6.38. The maximum atomic E-state index is 14.4. The number of halogens is 4. The van der Waals surface area contributed by atoms with Crippen molar-refractivity contribution in [1.29, 1.82) is 0 Å². The van der Waals surface area contributed by atoms with Gasteiger partial charge >= 0.3 is 6.18 Å². The van der Waals surface area contributed by atoms with E-state index in [9.17, 15) is 32.3 Å². The van der Waals surface area contributed by atoms with Crippen LogP contribution in [-0.2, 0) is 44.7 Å². The highest BCUT2D eigenvalue weighted by atomic mass is 35.5. The van der Waals surface area contributed by atoms with Crippen LogP contribution in [0.4, 0.5) is 13.2 Å². The molecule has 2 fully saturated rings. The molecule has 1 heterocycles. The number of amides is 4. The Bertz CT molecular complexity index is 1620. The van der Waals surface area contributed by atoms with E-state index < -0.39 is 54.0 Å². The monoisotopic (exact) mass is 682 g/mol. The minimum atomic E-state index is -4.53. The fourth-order valence-corrected chi connectivity index (χ4v) is 6.60. The smallest absolute Gasteiger partial charge is 0.351 e. The maximum Gasteiger partial charge on any atom is 0.416 e. The molecule has 48 heavy (non-hydrogen) atoms. The van der Waals surface area contributed by atoms with Crippen molar-refractivity contribution in [1.82, 2.24) is 20.4 Å². The Balaban J connectivity index is 1.49. The third-order valence-electron chi connectivity index (χ3n) is 8.86. The first-order valence-electron chi connectivity index (χ1n) is 16.1. The zero-order chi connectivity index (χ0) is 34.3. The van der Waals surface area contributed by atoms with Crippen LogP contribution in [0.25, 0.3) is 0 Å². The molecular weight excluding hydrogens is 645 g/mol. The second kappa shape index (κ2) is 15.7. The summed E-state index contributed by atoms with van der Waals surface area (Å²) in [6.45, 7) is -0.887. The van der Waals surface area contributed by atoms with Crippen molar-refractivity contribution in [2.24, 2.45) is 5.92 Å². The SMILES string of the molecule is O=C1CN(CCc2cccc(C(F)(F)F)c2)C(=O)CN(Cc2cccc(Cl)c2)C(=O)[C@H](Cc2ccccc2)NC(=O)[C@@H]2CCCC[C@@H]2N1. The lowest BCUT2D eigenvalue weighted by Crippen LogP contribution is -2.54. The lowest BCUT2D eigenvalue weighted by molar-refractivity contribution is -0.144. The van der Waals surface area contributed by atoms with Crippen LogP contribution in [0.15, 0.2) is 78.9 Å². The molecule has 4 amide bonds. The summed E-state index contributed by atoms with van der Waals surface area (Å²) in [5, 5.41) is 6.34. The van der Waals surface area contributed by atoms with Gasteiger partial charge in [0.05, 0.1) is 18.0 Å². The molecule has 1 aliphatic carbocycles. The van der Waals surface area contributed by atoms with Gasteiger partial charge in [-0.3, -0.25) is 19.2 Å². The molecule has 0 radical (unpaired) electrons. The molecule has 0 unspecified atom stereocenters. The number of alkyl halides is 3. The summed E-state index contributed by atoms with van der Waals surface area (Å²) in [6.07, 6.45) is -1.65. The lowest BCUT2D eigenvalue weighted by atomic mass is 9.83. The Hall–Kier alpha value is -4.38. The zero-order valence-corrected chi connectivity index (χ0v) is 27.1. The molecule has 3 atom stereocenters. The van der Waals surface area contributed by atoms with E-state index in [1.54, 1.807) is 24.3 Å². The van der Waals surface area contributed by atoms with Gasteiger partial charge in [0.2, 0.25) is 23.6 Å². The van der Waals surface area contributed by atoms with E-state index in [2.05, 4.69) is 10.6 Å². The number of benzene rings is 3. The van der Waals surface area contributed by atoms with Crippen molar-refractivity contribution in [3.63, 3.8) is 0 Å². The molecule has 5 rings (SSSR count). The lowest BCUT2D eigenvalue weighted by Gasteiger charge is -2.33. The number of hydrogen-bond acceptors (Lipinski definition) is 4. The van der Waals surface area contributed by atoms with Gasteiger partial charge in [-0.2, -0.15) is 13.2 Å². The molecule has 1 aliphatic heterocycles. The Morgan fingerprint density at radius 3 is 2.23 bits per heavy atom. The summed E-state index contributed by atoms with van der Waals surface area (Å²) in [7, 11) is 0. The van der Waals surface area contributed by atoms with Crippen molar-refractivity contribution in [3.8, 4) is 0 Å². The quantitative estimate of drug-likeness (QED) is 0.359. The number of carbonyl (C=O) groups is 4. The molecule has 3 aromatic rings. The van der Waals surface area contributed by atoms with Gasteiger partial charge in [-0.05, 0) is 54.2 Å². The molecule has 0 bridgehead atoms. The van der Waals surface area contributed by atoms with E-state index in [-0.39, 0.29) is 38.4 Å². The van der Waals surface area contributed by atoms with E-state index in [0.29, 0.717) is 29.0 Å². The molecule has 2 N–H and O–H groups in total. The number of nitrogens with one attached hydrogen (secondary N) is 2. The minimum absolute atomic E-state index is 0.00793. The Morgan fingerprint density at radius 2 is 1.48 bits per heavy atom. The van der Waals surface area contributed by atoms with Gasteiger partial charge in [0.25, 0.3) is 0 Å². The molecule has 2 aliphatic rings. The van der Waals surface area contributed by atoms with Crippen LogP contribution in [0, 0.1) is 5.92 Å². The third kappa shape index (κ3) is 9.37. The van der Waals surface area contributed by atoms with Gasteiger partial charge in [-0.15, -0.1) is 0 Å². The van der Waals surface area contributed by atoms with E-state index in [0.717, 1.165) is 30.5 Å². The summed E-state index contributed by atoms with van der Waals surface area (Å²) in [5.41, 5.74) is 0.999. The van der Waals surface area contributed by atoms with Gasteiger partial charge in [0.1, 0.15) is 12.6 Å². The van der Waals surface area contributed by atoms with Crippen LogP contribution in [-0.4, -0.2) is 65.1 Å². The second-order valence-corrected chi connectivity index (χ2v) is 12.8. The van der Waals surface area contributed by atoms with Crippen LogP contribution in [0.2, 0.25) is 5.02 Å². The topological polar surface area (TPSA) is 98.8 Å². The van der Waals surface area contributed by atoms with Gasteiger partial charge in [-0.1, -0.05) is 85.1 Å². The second-order valence-electron chi connectivity index (χ2n) is 12.4. The first-order valence-corrected chi connectivity index (χ1v) is 16.4. The van der Waals surface area contributed by atoms with Crippen LogP contribution < -0.4 is 10.6 Å². The highest BCUT2D eigenvalue weighted by molar-refractivity contribution is 6.30. The van der Waals surface area contributed by atoms with E-state index in [1.165, 1.54) is 21.9 Å². The molecule has 8 nitrogen and oxygen atoms in total. The van der Waals surface area contributed by atoms with Crippen molar-refractivity contribution in [2.45, 2.75) is 63.3 Å². The highest BCUT2D eigenvalue weighted by Gasteiger charge is 2.37. The number of hydrogen-bond donors (Lipinski definition) is 2. The first-order chi connectivity index (χ1) is 23.0. The molecule has 0 aromatic heterocycles. The summed E-state index contributed by atoms with van der Waals surface area (Å²) < 4.78 is 40.2. The predicted octanol–water partition coefficient (Wildman–Crippen LogP) is 5.17. The van der Waals surface area contributed by atoms with Crippen LogP contribution >= 0.6 is 11.6 Å². The maximum absolute atomic E-state index is 14.4. The molecular formula is C36H38ClF3N4O4. The number of carbonyl (C=O) groups excluding carboxylic acids is 4. The first kappa shape index (κ1) is 34.9. The Morgan fingerprint density at radius 1 is 0.771 bits per heavy atom. The average molecular weight is 683 g/mol. The molecule has 0 spiro atoms. The van der Waals surface area contributed by atoms with Crippen molar-refractivity contribution in [3.05, 3.63) is 106 Å². The summed E-state index contributed by atoms with van der Waals surface area (Å²) in [5.74, 6) is -2.44. The largest absolute Gasteiger partial charge is 0.416 e. The van der Waals surface area contributed by atoms with Gasteiger partial charge in [0, 0.05) is 30.6 Å². The fraction of sp³-hybridized carbons (Fsp3) is 0.389. The van der Waals surface area contributed by atoms with Gasteiger partial charge in [-0.25, -0.2) is 0 Å². The van der Waals surface area contributed by atoms with Gasteiger partial charge in [0.15, 0.2) is 0 Å². The third-order valence-corrected chi connectivity index (χ3v) is 9.09. The molecule has 1 saturated carbocycles.